The van der Waals surface area contributed by atoms with Crippen molar-refractivity contribution in [1.82, 2.24) is 4.90 Å². The summed E-state index contributed by atoms with van der Waals surface area (Å²) in [5.41, 5.74) is 0.739. The number of amides is 2. The number of rotatable bonds is 5. The maximum absolute atomic E-state index is 13.7. The molecule has 0 radical (unpaired) electrons. The van der Waals surface area contributed by atoms with Crippen molar-refractivity contribution in [2.75, 3.05) is 18.9 Å². The van der Waals surface area contributed by atoms with E-state index in [1.807, 2.05) is 6.07 Å². The standard InChI is InChI=1S/C17H15BrClFN2O2/c1-22(10-16(23)21-15-8-3-2-5-12(15)18)17(24)9-11-13(19)6-4-7-14(11)20/h2-8H,9-10H2,1H3,(H,21,23). The van der Waals surface area contributed by atoms with Gasteiger partial charge in [-0.3, -0.25) is 9.59 Å². The molecule has 4 nitrogen and oxygen atoms in total. The van der Waals surface area contributed by atoms with Crippen LogP contribution in [0, 0.1) is 5.82 Å². The average molecular weight is 414 g/mol. The molecule has 0 bridgehead atoms. The van der Waals surface area contributed by atoms with Gasteiger partial charge >= 0.3 is 0 Å². The number of nitrogens with one attached hydrogen (secondary N) is 1. The van der Waals surface area contributed by atoms with Gasteiger partial charge in [-0.1, -0.05) is 29.8 Å². The van der Waals surface area contributed by atoms with E-state index in [1.54, 1.807) is 18.2 Å². The normalized spacial score (nSPS) is 10.3. The minimum Gasteiger partial charge on any atom is -0.336 e. The first-order valence-electron chi connectivity index (χ1n) is 7.09. The van der Waals surface area contributed by atoms with Crippen LogP contribution >= 0.6 is 27.5 Å². The van der Waals surface area contributed by atoms with Gasteiger partial charge in [-0.25, -0.2) is 4.39 Å². The Morgan fingerprint density at radius 2 is 1.92 bits per heavy atom. The van der Waals surface area contributed by atoms with Crippen LogP contribution in [-0.2, 0) is 16.0 Å². The third-order valence-electron chi connectivity index (χ3n) is 3.34. The predicted octanol–water partition coefficient (Wildman–Crippen LogP) is 3.88. The van der Waals surface area contributed by atoms with Crippen molar-refractivity contribution in [2.45, 2.75) is 6.42 Å². The Morgan fingerprint density at radius 3 is 2.58 bits per heavy atom. The quantitative estimate of drug-likeness (QED) is 0.809. The first-order chi connectivity index (χ1) is 11.4. The maximum atomic E-state index is 13.7. The number of hydrogen-bond acceptors (Lipinski definition) is 2. The van der Waals surface area contributed by atoms with Gasteiger partial charge in [0.2, 0.25) is 11.8 Å². The Morgan fingerprint density at radius 1 is 1.21 bits per heavy atom. The first-order valence-corrected chi connectivity index (χ1v) is 8.27. The molecule has 0 fully saturated rings. The Kier molecular flexibility index (Phi) is 6.34. The molecule has 0 saturated heterocycles. The van der Waals surface area contributed by atoms with E-state index in [2.05, 4.69) is 21.2 Å². The minimum atomic E-state index is -0.540. The van der Waals surface area contributed by atoms with E-state index in [0.717, 1.165) is 4.47 Å². The molecule has 2 amide bonds. The van der Waals surface area contributed by atoms with Crippen molar-refractivity contribution in [3.8, 4) is 0 Å². The molecule has 2 aromatic carbocycles. The van der Waals surface area contributed by atoms with Crippen molar-refractivity contribution in [2.24, 2.45) is 0 Å². The highest BCUT2D eigenvalue weighted by molar-refractivity contribution is 9.10. The number of anilines is 1. The second-order valence-electron chi connectivity index (χ2n) is 5.15. The molecule has 24 heavy (non-hydrogen) atoms. The highest BCUT2D eigenvalue weighted by atomic mass is 79.9. The van der Waals surface area contributed by atoms with E-state index in [0.29, 0.717) is 5.69 Å². The van der Waals surface area contributed by atoms with Gasteiger partial charge in [0.05, 0.1) is 18.7 Å². The van der Waals surface area contributed by atoms with Crippen molar-refractivity contribution >= 4 is 45.0 Å². The monoisotopic (exact) mass is 412 g/mol. The Balaban J connectivity index is 1.96. The summed E-state index contributed by atoms with van der Waals surface area (Å²) in [6.07, 6.45) is -0.204. The third kappa shape index (κ3) is 4.79. The van der Waals surface area contributed by atoms with Gasteiger partial charge < -0.3 is 10.2 Å². The van der Waals surface area contributed by atoms with Crippen LogP contribution in [0.5, 0.6) is 0 Å². The largest absolute Gasteiger partial charge is 0.336 e. The summed E-state index contributed by atoms with van der Waals surface area (Å²) >= 11 is 9.24. The fourth-order valence-electron chi connectivity index (χ4n) is 2.04. The summed E-state index contributed by atoms with van der Waals surface area (Å²) in [4.78, 5) is 25.5. The number of carbonyl (C=O) groups is 2. The number of para-hydroxylation sites is 1. The van der Waals surface area contributed by atoms with Gasteiger partial charge in [0.25, 0.3) is 0 Å². The molecule has 7 heteroatoms. The molecule has 0 aromatic heterocycles. The van der Waals surface area contributed by atoms with E-state index in [-0.39, 0.29) is 29.5 Å². The molecule has 2 aromatic rings. The molecule has 0 aliphatic carbocycles. The van der Waals surface area contributed by atoms with Crippen molar-refractivity contribution in [3.63, 3.8) is 0 Å². The number of benzene rings is 2. The van der Waals surface area contributed by atoms with Crippen molar-refractivity contribution in [3.05, 3.63) is 63.3 Å². The highest BCUT2D eigenvalue weighted by Crippen LogP contribution is 2.21. The highest BCUT2D eigenvalue weighted by Gasteiger charge is 2.17. The van der Waals surface area contributed by atoms with Gasteiger partial charge in [-0.15, -0.1) is 0 Å². The topological polar surface area (TPSA) is 49.4 Å². The molecule has 0 aliphatic heterocycles. The molecule has 0 unspecified atom stereocenters. The number of likely N-dealkylation sites (N-methyl/N-ethyl adjacent to an activating group) is 1. The number of nitrogens with zero attached hydrogens (tertiary/aromatic N) is 1. The number of halogens is 3. The van der Waals surface area contributed by atoms with Gasteiger partial charge in [0.1, 0.15) is 5.82 Å². The van der Waals surface area contributed by atoms with Crippen LogP contribution in [0.15, 0.2) is 46.9 Å². The zero-order chi connectivity index (χ0) is 17.7. The van der Waals surface area contributed by atoms with Crippen LogP contribution in [0.2, 0.25) is 5.02 Å². The van der Waals surface area contributed by atoms with Gasteiger partial charge in [-0.05, 0) is 40.2 Å². The van der Waals surface area contributed by atoms with Crippen molar-refractivity contribution in [1.29, 1.82) is 0 Å². The van der Waals surface area contributed by atoms with Crippen LogP contribution in [0.25, 0.3) is 0 Å². The molecule has 0 saturated carbocycles. The lowest BCUT2D eigenvalue weighted by Gasteiger charge is -2.17. The Hall–Kier alpha value is -1.92. The van der Waals surface area contributed by atoms with E-state index in [1.165, 1.54) is 30.1 Å². The fourth-order valence-corrected chi connectivity index (χ4v) is 2.66. The van der Waals surface area contributed by atoms with E-state index < -0.39 is 11.7 Å². The smallest absolute Gasteiger partial charge is 0.244 e. The Bertz CT molecular complexity index is 750. The van der Waals surface area contributed by atoms with Crippen LogP contribution in [0.1, 0.15) is 5.56 Å². The van der Waals surface area contributed by atoms with E-state index in [4.69, 9.17) is 11.6 Å². The zero-order valence-electron chi connectivity index (χ0n) is 12.9. The van der Waals surface area contributed by atoms with Crippen LogP contribution in [0.3, 0.4) is 0 Å². The van der Waals surface area contributed by atoms with Crippen molar-refractivity contribution < 1.29 is 14.0 Å². The zero-order valence-corrected chi connectivity index (χ0v) is 15.2. The first kappa shape index (κ1) is 18.4. The van der Waals surface area contributed by atoms with Crippen LogP contribution in [-0.4, -0.2) is 30.3 Å². The van der Waals surface area contributed by atoms with Crippen LogP contribution in [0.4, 0.5) is 10.1 Å². The van der Waals surface area contributed by atoms with Crippen LogP contribution < -0.4 is 5.32 Å². The van der Waals surface area contributed by atoms with E-state index in [9.17, 15) is 14.0 Å². The van der Waals surface area contributed by atoms with Gasteiger partial charge in [-0.2, -0.15) is 0 Å². The summed E-state index contributed by atoms with van der Waals surface area (Å²) in [5, 5.41) is 2.89. The minimum absolute atomic E-state index is 0.127. The molecular formula is C17H15BrClFN2O2. The summed E-state index contributed by atoms with van der Waals surface area (Å²) in [5.74, 6) is -1.29. The average Bonchev–Trinajstić information content (AvgIpc) is 2.53. The molecule has 0 spiro atoms. The summed E-state index contributed by atoms with van der Waals surface area (Å²) in [6.45, 7) is -0.147. The van der Waals surface area contributed by atoms with E-state index >= 15 is 0 Å². The molecular weight excluding hydrogens is 399 g/mol. The summed E-state index contributed by atoms with van der Waals surface area (Å²) in [7, 11) is 1.48. The Labute approximate surface area is 152 Å². The molecule has 0 heterocycles. The lowest BCUT2D eigenvalue weighted by Crippen LogP contribution is -2.36. The fraction of sp³-hybridized carbons (Fsp3) is 0.176. The number of hydrogen-bond donors (Lipinski definition) is 1. The molecule has 2 rings (SSSR count). The second kappa shape index (κ2) is 8.26. The lowest BCUT2D eigenvalue weighted by atomic mass is 10.1. The summed E-state index contributed by atoms with van der Waals surface area (Å²) in [6, 6.07) is 11.4. The molecule has 126 valence electrons. The maximum Gasteiger partial charge on any atom is 0.244 e. The summed E-state index contributed by atoms with van der Waals surface area (Å²) < 4.78 is 14.5. The molecule has 0 atom stereocenters. The van der Waals surface area contributed by atoms with Gasteiger partial charge in [0.15, 0.2) is 0 Å². The lowest BCUT2D eigenvalue weighted by molar-refractivity contribution is -0.132. The van der Waals surface area contributed by atoms with Gasteiger partial charge in [0, 0.05) is 22.1 Å². The SMILES string of the molecule is CN(CC(=O)Nc1ccccc1Br)C(=O)Cc1c(F)cccc1Cl. The molecule has 1 N–H and O–H groups in total. The second-order valence-corrected chi connectivity index (χ2v) is 6.42. The predicted molar refractivity (Wildman–Crippen MR) is 95.5 cm³/mol. The molecule has 0 aliphatic rings. The third-order valence-corrected chi connectivity index (χ3v) is 4.39. The number of carbonyl (C=O) groups excluding carboxylic acids is 2.